The molecule has 3 rings (SSSR count). The highest BCUT2D eigenvalue weighted by Crippen LogP contribution is 2.41. The first-order valence-electron chi connectivity index (χ1n) is 6.58. The third kappa shape index (κ3) is 1.72. The summed E-state index contributed by atoms with van der Waals surface area (Å²) in [5.74, 6) is 0.268. The van der Waals surface area contributed by atoms with Crippen LogP contribution in [0.5, 0.6) is 0 Å². The maximum Gasteiger partial charge on any atom is 0.170 e. The molecule has 1 aliphatic carbocycles. The van der Waals surface area contributed by atoms with Crippen LogP contribution in [0, 0.1) is 5.41 Å². The SMILES string of the molecule is CC1(C(=O)c2cncc3ccccc23)CCCC1. The smallest absolute Gasteiger partial charge is 0.170 e. The first-order chi connectivity index (χ1) is 8.71. The molecule has 1 aliphatic rings. The minimum Gasteiger partial charge on any atom is -0.293 e. The highest BCUT2D eigenvalue weighted by Gasteiger charge is 2.37. The molecule has 18 heavy (non-hydrogen) atoms. The van der Waals surface area contributed by atoms with Gasteiger partial charge >= 0.3 is 0 Å². The van der Waals surface area contributed by atoms with Gasteiger partial charge in [0.05, 0.1) is 0 Å². The first-order valence-corrected chi connectivity index (χ1v) is 6.58. The molecule has 1 fully saturated rings. The Morgan fingerprint density at radius 1 is 1.17 bits per heavy atom. The largest absolute Gasteiger partial charge is 0.293 e. The van der Waals surface area contributed by atoms with Crippen LogP contribution in [0.15, 0.2) is 36.7 Å². The maximum absolute atomic E-state index is 12.7. The molecule has 2 nitrogen and oxygen atoms in total. The quantitative estimate of drug-likeness (QED) is 0.741. The number of benzene rings is 1. The van der Waals surface area contributed by atoms with Crippen molar-refractivity contribution < 1.29 is 4.79 Å². The summed E-state index contributed by atoms with van der Waals surface area (Å²) in [5.41, 5.74) is 0.615. The first kappa shape index (κ1) is 11.4. The van der Waals surface area contributed by atoms with Gasteiger partial charge in [-0.15, -0.1) is 0 Å². The van der Waals surface area contributed by atoms with Gasteiger partial charge in [0.25, 0.3) is 0 Å². The van der Waals surface area contributed by atoms with E-state index in [-0.39, 0.29) is 11.2 Å². The summed E-state index contributed by atoms with van der Waals surface area (Å²) in [6.45, 7) is 2.10. The molecule has 1 aromatic heterocycles. The number of carbonyl (C=O) groups excluding carboxylic acids is 1. The number of pyridine rings is 1. The van der Waals surface area contributed by atoms with Gasteiger partial charge in [0.1, 0.15) is 0 Å². The Balaban J connectivity index is 2.12. The van der Waals surface area contributed by atoms with Gasteiger partial charge in [0, 0.05) is 28.8 Å². The van der Waals surface area contributed by atoms with E-state index < -0.39 is 0 Å². The number of ketones is 1. The van der Waals surface area contributed by atoms with E-state index in [0.717, 1.165) is 29.2 Å². The Morgan fingerprint density at radius 3 is 2.67 bits per heavy atom. The molecule has 0 bridgehead atoms. The van der Waals surface area contributed by atoms with Crippen molar-refractivity contribution in [3.8, 4) is 0 Å². The molecule has 0 atom stereocenters. The van der Waals surface area contributed by atoms with E-state index in [1.165, 1.54) is 12.8 Å². The molecular weight excluding hydrogens is 222 g/mol. The van der Waals surface area contributed by atoms with Gasteiger partial charge in [-0.3, -0.25) is 9.78 Å². The van der Waals surface area contributed by atoms with E-state index in [1.807, 2.05) is 30.5 Å². The van der Waals surface area contributed by atoms with Crippen LogP contribution in [0.4, 0.5) is 0 Å². The predicted octanol–water partition coefficient (Wildman–Crippen LogP) is 4.00. The number of Topliss-reactive ketones (excluding diaryl/α,β-unsaturated/α-hetero) is 1. The third-order valence-electron chi connectivity index (χ3n) is 4.17. The molecule has 1 heterocycles. The molecule has 0 radical (unpaired) electrons. The lowest BCUT2D eigenvalue weighted by molar-refractivity contribution is 0.0825. The average molecular weight is 239 g/mol. The number of rotatable bonds is 2. The van der Waals surface area contributed by atoms with Gasteiger partial charge in [-0.1, -0.05) is 44.0 Å². The van der Waals surface area contributed by atoms with Crippen molar-refractivity contribution in [2.45, 2.75) is 32.6 Å². The molecule has 0 saturated heterocycles. The number of nitrogens with zero attached hydrogens (tertiary/aromatic N) is 1. The van der Waals surface area contributed by atoms with Crippen molar-refractivity contribution in [1.29, 1.82) is 0 Å². The van der Waals surface area contributed by atoms with Crippen LogP contribution in [0.2, 0.25) is 0 Å². The van der Waals surface area contributed by atoms with E-state index in [0.29, 0.717) is 0 Å². The molecule has 1 saturated carbocycles. The number of fused-ring (bicyclic) bond motifs is 1. The summed E-state index contributed by atoms with van der Waals surface area (Å²) in [7, 11) is 0. The molecule has 0 spiro atoms. The van der Waals surface area contributed by atoms with Gasteiger partial charge in [0.15, 0.2) is 5.78 Å². The van der Waals surface area contributed by atoms with Crippen LogP contribution in [0.25, 0.3) is 10.8 Å². The van der Waals surface area contributed by atoms with Crippen LogP contribution >= 0.6 is 0 Å². The summed E-state index contributed by atoms with van der Waals surface area (Å²) in [4.78, 5) is 17.0. The molecule has 92 valence electrons. The van der Waals surface area contributed by atoms with Crippen molar-refractivity contribution in [1.82, 2.24) is 4.98 Å². The monoisotopic (exact) mass is 239 g/mol. The highest BCUT2D eigenvalue weighted by molar-refractivity contribution is 6.10. The molecule has 1 aromatic carbocycles. The van der Waals surface area contributed by atoms with Crippen molar-refractivity contribution in [2.75, 3.05) is 0 Å². The molecule has 0 aliphatic heterocycles. The lowest BCUT2D eigenvalue weighted by atomic mass is 9.80. The number of carbonyl (C=O) groups is 1. The van der Waals surface area contributed by atoms with Crippen LogP contribution in [0.1, 0.15) is 43.0 Å². The average Bonchev–Trinajstić information content (AvgIpc) is 2.85. The second kappa shape index (κ2) is 4.20. The Morgan fingerprint density at radius 2 is 1.89 bits per heavy atom. The van der Waals surface area contributed by atoms with Gasteiger partial charge in [-0.2, -0.15) is 0 Å². The molecule has 0 unspecified atom stereocenters. The van der Waals surface area contributed by atoms with E-state index in [9.17, 15) is 4.79 Å². The Bertz CT molecular complexity index is 592. The Labute approximate surface area is 107 Å². The summed E-state index contributed by atoms with van der Waals surface area (Å²) >= 11 is 0. The lowest BCUT2D eigenvalue weighted by Crippen LogP contribution is -2.24. The van der Waals surface area contributed by atoms with Crippen molar-refractivity contribution in [3.05, 3.63) is 42.2 Å². The summed E-state index contributed by atoms with van der Waals surface area (Å²) < 4.78 is 0. The number of hydrogen-bond donors (Lipinski definition) is 0. The Hall–Kier alpha value is -1.70. The molecular formula is C16H17NO. The zero-order valence-corrected chi connectivity index (χ0v) is 10.6. The summed E-state index contributed by atoms with van der Waals surface area (Å²) in [6.07, 6.45) is 7.91. The second-order valence-corrected chi connectivity index (χ2v) is 5.51. The number of hydrogen-bond acceptors (Lipinski definition) is 2. The second-order valence-electron chi connectivity index (χ2n) is 5.51. The minimum atomic E-state index is -0.175. The maximum atomic E-state index is 12.7. The van der Waals surface area contributed by atoms with Gasteiger partial charge < -0.3 is 0 Å². The van der Waals surface area contributed by atoms with Crippen molar-refractivity contribution in [3.63, 3.8) is 0 Å². The standard InChI is InChI=1S/C16H17NO/c1-16(8-4-5-9-16)15(18)14-11-17-10-12-6-2-3-7-13(12)14/h2-3,6-7,10-11H,4-5,8-9H2,1H3. The van der Waals surface area contributed by atoms with Gasteiger partial charge in [-0.25, -0.2) is 0 Å². The van der Waals surface area contributed by atoms with E-state index in [2.05, 4.69) is 11.9 Å². The normalized spacial score (nSPS) is 18.1. The van der Waals surface area contributed by atoms with E-state index in [4.69, 9.17) is 0 Å². The van der Waals surface area contributed by atoms with Crippen molar-refractivity contribution in [2.24, 2.45) is 5.41 Å². The minimum absolute atomic E-state index is 0.175. The van der Waals surface area contributed by atoms with E-state index >= 15 is 0 Å². The van der Waals surface area contributed by atoms with Gasteiger partial charge in [0.2, 0.25) is 0 Å². The van der Waals surface area contributed by atoms with Crippen LogP contribution < -0.4 is 0 Å². The highest BCUT2D eigenvalue weighted by atomic mass is 16.1. The lowest BCUT2D eigenvalue weighted by Gasteiger charge is -2.22. The Kier molecular flexibility index (Phi) is 2.66. The summed E-state index contributed by atoms with van der Waals surface area (Å²) in [6, 6.07) is 7.99. The zero-order chi connectivity index (χ0) is 12.6. The molecule has 0 amide bonds. The third-order valence-corrected chi connectivity index (χ3v) is 4.17. The van der Waals surface area contributed by atoms with E-state index in [1.54, 1.807) is 6.20 Å². The predicted molar refractivity (Wildman–Crippen MR) is 72.6 cm³/mol. The van der Waals surface area contributed by atoms with Crippen LogP contribution in [-0.2, 0) is 0 Å². The fraction of sp³-hybridized carbons (Fsp3) is 0.375. The van der Waals surface area contributed by atoms with Crippen LogP contribution in [0.3, 0.4) is 0 Å². The summed E-state index contributed by atoms with van der Waals surface area (Å²) in [5, 5.41) is 2.08. The topological polar surface area (TPSA) is 30.0 Å². The molecule has 2 aromatic rings. The molecule has 0 N–H and O–H groups in total. The zero-order valence-electron chi connectivity index (χ0n) is 10.6. The number of aromatic nitrogens is 1. The fourth-order valence-corrected chi connectivity index (χ4v) is 3.00. The van der Waals surface area contributed by atoms with Gasteiger partial charge in [-0.05, 0) is 18.2 Å². The molecule has 2 heteroatoms. The van der Waals surface area contributed by atoms with Crippen molar-refractivity contribution >= 4 is 16.6 Å². The fourth-order valence-electron chi connectivity index (χ4n) is 3.00. The van der Waals surface area contributed by atoms with Crippen LogP contribution in [-0.4, -0.2) is 10.8 Å².